The summed E-state index contributed by atoms with van der Waals surface area (Å²) in [5, 5.41) is 3.17. The predicted octanol–water partition coefficient (Wildman–Crippen LogP) is -0.351. The van der Waals surface area contributed by atoms with Gasteiger partial charge in [0.05, 0.1) is 0 Å². The quantitative estimate of drug-likeness (QED) is 0.512. The van der Waals surface area contributed by atoms with E-state index in [1.54, 1.807) is 0 Å². The zero-order valence-corrected chi connectivity index (χ0v) is 5.87. The van der Waals surface area contributed by atoms with Gasteiger partial charge < -0.3 is 11.1 Å². The van der Waals surface area contributed by atoms with Crippen LogP contribution in [-0.2, 0) is 0 Å². The van der Waals surface area contributed by atoms with Crippen LogP contribution >= 0.6 is 11.8 Å². The minimum atomic E-state index is 0.380. The number of hydrogen-bond donors (Lipinski definition) is 2. The van der Waals surface area contributed by atoms with Crippen molar-refractivity contribution in [3.05, 3.63) is 0 Å². The van der Waals surface area contributed by atoms with Crippen molar-refractivity contribution < 1.29 is 0 Å². The Labute approximate surface area is 54.2 Å². The molecule has 0 aliphatic carbocycles. The van der Waals surface area contributed by atoms with E-state index in [2.05, 4.69) is 5.32 Å². The third-order valence-electron chi connectivity index (χ3n) is 1.50. The molecule has 0 amide bonds. The molecule has 0 aromatic heterocycles. The Balaban J connectivity index is 2.30. The molecule has 48 valence electrons. The standard InChI is InChI=1S/C5H12N2S/c1-7-5-3-8-2-4(5)6/h4-5,7H,2-3,6H2,1H3. The minimum absolute atomic E-state index is 0.380. The normalized spacial score (nSPS) is 38.2. The molecule has 8 heavy (non-hydrogen) atoms. The fraction of sp³-hybridized carbons (Fsp3) is 1.00. The topological polar surface area (TPSA) is 38.0 Å². The molecule has 1 rings (SSSR count). The number of hydrogen-bond acceptors (Lipinski definition) is 3. The fourth-order valence-corrected chi connectivity index (χ4v) is 2.18. The van der Waals surface area contributed by atoms with E-state index < -0.39 is 0 Å². The van der Waals surface area contributed by atoms with Gasteiger partial charge in [0.25, 0.3) is 0 Å². The molecule has 3 heteroatoms. The van der Waals surface area contributed by atoms with Gasteiger partial charge in [-0.05, 0) is 7.05 Å². The average Bonchev–Trinajstić information content (AvgIpc) is 2.14. The van der Waals surface area contributed by atoms with E-state index in [-0.39, 0.29) is 0 Å². The summed E-state index contributed by atoms with van der Waals surface area (Å²) in [7, 11) is 1.97. The molecule has 0 aromatic carbocycles. The Morgan fingerprint density at radius 3 is 2.62 bits per heavy atom. The lowest BCUT2D eigenvalue weighted by Gasteiger charge is -2.11. The van der Waals surface area contributed by atoms with Gasteiger partial charge in [0.2, 0.25) is 0 Å². The minimum Gasteiger partial charge on any atom is -0.326 e. The van der Waals surface area contributed by atoms with Crippen LogP contribution in [-0.4, -0.2) is 30.6 Å². The average molecular weight is 132 g/mol. The second kappa shape index (κ2) is 2.71. The highest BCUT2D eigenvalue weighted by Crippen LogP contribution is 2.15. The molecule has 1 aliphatic heterocycles. The van der Waals surface area contributed by atoms with Gasteiger partial charge in [0.15, 0.2) is 0 Å². The van der Waals surface area contributed by atoms with Gasteiger partial charge in [-0.3, -0.25) is 0 Å². The molecule has 2 unspecified atom stereocenters. The second-order valence-corrected chi connectivity index (χ2v) is 3.17. The summed E-state index contributed by atoms with van der Waals surface area (Å²) < 4.78 is 0. The first kappa shape index (κ1) is 6.39. The van der Waals surface area contributed by atoms with Crippen LogP contribution in [0.3, 0.4) is 0 Å². The van der Waals surface area contributed by atoms with Gasteiger partial charge in [-0.15, -0.1) is 0 Å². The molecule has 0 radical (unpaired) electrons. The van der Waals surface area contributed by atoms with Gasteiger partial charge in [0, 0.05) is 23.6 Å². The van der Waals surface area contributed by atoms with Crippen molar-refractivity contribution in [3.63, 3.8) is 0 Å². The van der Waals surface area contributed by atoms with Gasteiger partial charge >= 0.3 is 0 Å². The SMILES string of the molecule is CNC1CSCC1N. The largest absolute Gasteiger partial charge is 0.326 e. The maximum atomic E-state index is 5.71. The molecule has 0 spiro atoms. The van der Waals surface area contributed by atoms with Gasteiger partial charge in [-0.2, -0.15) is 11.8 Å². The first-order valence-electron chi connectivity index (χ1n) is 2.85. The van der Waals surface area contributed by atoms with E-state index in [1.165, 1.54) is 5.75 Å². The zero-order valence-electron chi connectivity index (χ0n) is 5.05. The predicted molar refractivity (Wildman–Crippen MR) is 38.1 cm³/mol. The lowest BCUT2D eigenvalue weighted by Crippen LogP contribution is -2.41. The Hall–Kier alpha value is 0.270. The fourth-order valence-electron chi connectivity index (χ4n) is 0.868. The molecular formula is C5H12N2S. The summed E-state index contributed by atoms with van der Waals surface area (Å²) in [6.07, 6.45) is 0. The molecule has 1 fully saturated rings. The lowest BCUT2D eigenvalue weighted by atomic mass is 10.2. The lowest BCUT2D eigenvalue weighted by molar-refractivity contribution is 0.550. The maximum Gasteiger partial charge on any atom is 0.0315 e. The van der Waals surface area contributed by atoms with Gasteiger partial charge in [-0.25, -0.2) is 0 Å². The van der Waals surface area contributed by atoms with Crippen LogP contribution < -0.4 is 11.1 Å². The van der Waals surface area contributed by atoms with Crippen molar-refractivity contribution in [1.29, 1.82) is 0 Å². The van der Waals surface area contributed by atoms with E-state index in [0.717, 1.165) is 5.75 Å². The number of nitrogens with one attached hydrogen (secondary N) is 1. The van der Waals surface area contributed by atoms with Crippen molar-refractivity contribution in [2.75, 3.05) is 18.6 Å². The molecule has 2 nitrogen and oxygen atoms in total. The zero-order chi connectivity index (χ0) is 5.98. The van der Waals surface area contributed by atoms with Crippen molar-refractivity contribution >= 4 is 11.8 Å². The van der Waals surface area contributed by atoms with Crippen LogP contribution in [0.5, 0.6) is 0 Å². The summed E-state index contributed by atoms with van der Waals surface area (Å²) in [5.41, 5.74) is 5.71. The van der Waals surface area contributed by atoms with E-state index in [9.17, 15) is 0 Å². The van der Waals surface area contributed by atoms with Crippen LogP contribution in [0.15, 0.2) is 0 Å². The molecule has 1 aliphatic rings. The maximum absolute atomic E-state index is 5.71. The van der Waals surface area contributed by atoms with Crippen LogP contribution in [0.2, 0.25) is 0 Å². The van der Waals surface area contributed by atoms with E-state index in [0.29, 0.717) is 12.1 Å². The van der Waals surface area contributed by atoms with E-state index >= 15 is 0 Å². The molecule has 0 saturated carbocycles. The summed E-state index contributed by atoms with van der Waals surface area (Å²) in [5.74, 6) is 2.29. The van der Waals surface area contributed by atoms with Crippen molar-refractivity contribution in [2.24, 2.45) is 5.73 Å². The Morgan fingerprint density at radius 2 is 2.38 bits per heavy atom. The van der Waals surface area contributed by atoms with Crippen LogP contribution in [0.25, 0.3) is 0 Å². The van der Waals surface area contributed by atoms with E-state index in [1.807, 2.05) is 18.8 Å². The Bertz CT molecular complexity index is 76.8. The number of nitrogens with two attached hydrogens (primary N) is 1. The monoisotopic (exact) mass is 132 g/mol. The van der Waals surface area contributed by atoms with Crippen molar-refractivity contribution in [1.82, 2.24) is 5.32 Å². The van der Waals surface area contributed by atoms with Crippen LogP contribution in [0, 0.1) is 0 Å². The second-order valence-electron chi connectivity index (χ2n) is 2.10. The third-order valence-corrected chi connectivity index (χ3v) is 2.71. The molecular weight excluding hydrogens is 120 g/mol. The van der Waals surface area contributed by atoms with Gasteiger partial charge in [0.1, 0.15) is 0 Å². The summed E-state index contributed by atoms with van der Waals surface area (Å²) in [6.45, 7) is 0. The molecule has 1 heterocycles. The first-order chi connectivity index (χ1) is 3.84. The smallest absolute Gasteiger partial charge is 0.0315 e. The molecule has 2 atom stereocenters. The molecule has 3 N–H and O–H groups in total. The van der Waals surface area contributed by atoms with Crippen LogP contribution in [0.4, 0.5) is 0 Å². The Kier molecular flexibility index (Phi) is 2.16. The number of thioether (sulfide) groups is 1. The highest BCUT2D eigenvalue weighted by Gasteiger charge is 2.21. The summed E-state index contributed by atoms with van der Waals surface area (Å²) in [6, 6.07) is 0.935. The van der Waals surface area contributed by atoms with Crippen molar-refractivity contribution in [2.45, 2.75) is 12.1 Å². The molecule has 0 aromatic rings. The highest BCUT2D eigenvalue weighted by molar-refractivity contribution is 7.99. The van der Waals surface area contributed by atoms with Gasteiger partial charge in [-0.1, -0.05) is 0 Å². The summed E-state index contributed by atoms with van der Waals surface area (Å²) >= 11 is 1.93. The third kappa shape index (κ3) is 1.16. The molecule has 1 saturated heterocycles. The van der Waals surface area contributed by atoms with Crippen LogP contribution in [0.1, 0.15) is 0 Å². The van der Waals surface area contributed by atoms with E-state index in [4.69, 9.17) is 5.73 Å². The first-order valence-corrected chi connectivity index (χ1v) is 4.00. The number of rotatable bonds is 1. The van der Waals surface area contributed by atoms with Crippen molar-refractivity contribution in [3.8, 4) is 0 Å². The number of likely N-dealkylation sites (N-methyl/N-ethyl adjacent to an activating group) is 1. The molecule has 0 bridgehead atoms. The highest BCUT2D eigenvalue weighted by atomic mass is 32.2. The Morgan fingerprint density at radius 1 is 1.62 bits per heavy atom. The summed E-state index contributed by atoms with van der Waals surface area (Å²) in [4.78, 5) is 0.